The van der Waals surface area contributed by atoms with Crippen LogP contribution in [0.25, 0.3) is 11.0 Å². The quantitative estimate of drug-likeness (QED) is 0.502. The number of nitrogens with zero attached hydrogens (tertiary/aromatic N) is 5. The number of amides is 1. The van der Waals surface area contributed by atoms with Gasteiger partial charge < -0.3 is 4.74 Å². The first-order valence-electron chi connectivity index (χ1n) is 10.2. The summed E-state index contributed by atoms with van der Waals surface area (Å²) in [6.45, 7) is 4.72. The third kappa shape index (κ3) is 4.63. The molecule has 0 bridgehead atoms. The van der Waals surface area contributed by atoms with Gasteiger partial charge in [-0.15, -0.1) is 11.3 Å². The van der Waals surface area contributed by atoms with E-state index in [4.69, 9.17) is 4.74 Å². The fourth-order valence-electron chi connectivity index (χ4n) is 3.56. The van der Waals surface area contributed by atoms with Gasteiger partial charge in [0.25, 0.3) is 5.91 Å². The number of rotatable bonds is 6. The van der Waals surface area contributed by atoms with Crippen LogP contribution in [-0.2, 0) is 17.8 Å². The number of morpholine rings is 1. The van der Waals surface area contributed by atoms with Gasteiger partial charge in [-0.1, -0.05) is 30.3 Å². The van der Waals surface area contributed by atoms with Gasteiger partial charge in [0, 0.05) is 36.6 Å². The van der Waals surface area contributed by atoms with Crippen molar-refractivity contribution in [1.29, 1.82) is 0 Å². The van der Waals surface area contributed by atoms with Crippen LogP contribution in [0.15, 0.2) is 54.2 Å². The van der Waals surface area contributed by atoms with Crippen molar-refractivity contribution in [2.45, 2.75) is 13.1 Å². The van der Waals surface area contributed by atoms with E-state index in [-0.39, 0.29) is 5.91 Å². The van der Waals surface area contributed by atoms with Crippen molar-refractivity contribution in [1.82, 2.24) is 24.6 Å². The zero-order chi connectivity index (χ0) is 21.0. The lowest BCUT2D eigenvalue weighted by Crippen LogP contribution is -2.35. The second kappa shape index (κ2) is 8.93. The predicted molar refractivity (Wildman–Crippen MR) is 119 cm³/mol. The van der Waals surface area contributed by atoms with Gasteiger partial charge >= 0.3 is 0 Å². The topological polar surface area (TPSA) is 85.2 Å². The Hall–Kier alpha value is -3.14. The van der Waals surface area contributed by atoms with Gasteiger partial charge in [-0.3, -0.25) is 15.0 Å². The van der Waals surface area contributed by atoms with Crippen molar-refractivity contribution >= 4 is 33.4 Å². The maximum atomic E-state index is 12.7. The third-order valence-electron chi connectivity index (χ3n) is 5.17. The molecular formula is C22H22N6O2S. The fourth-order valence-corrected chi connectivity index (χ4v) is 4.26. The summed E-state index contributed by atoms with van der Waals surface area (Å²) in [6, 6.07) is 11.9. The summed E-state index contributed by atoms with van der Waals surface area (Å²) in [5, 5.41) is 10.7. The highest BCUT2D eigenvalue weighted by Gasteiger charge is 2.15. The highest BCUT2D eigenvalue weighted by Crippen LogP contribution is 2.20. The number of anilines is 1. The molecule has 0 unspecified atom stereocenters. The molecule has 31 heavy (non-hydrogen) atoms. The third-order valence-corrected chi connectivity index (χ3v) is 5.98. The van der Waals surface area contributed by atoms with E-state index >= 15 is 0 Å². The van der Waals surface area contributed by atoms with Crippen molar-refractivity contribution < 1.29 is 9.53 Å². The molecule has 0 saturated carbocycles. The van der Waals surface area contributed by atoms with E-state index in [1.165, 1.54) is 11.3 Å². The van der Waals surface area contributed by atoms with Crippen molar-refractivity contribution in [3.8, 4) is 0 Å². The minimum atomic E-state index is -0.225. The molecule has 1 aliphatic heterocycles. The Balaban J connectivity index is 1.26. The first-order valence-corrected chi connectivity index (χ1v) is 11.0. The molecule has 1 fully saturated rings. The Bertz CT molecular complexity index is 1180. The number of fused-ring (bicyclic) bond motifs is 1. The standard InChI is InChI=1S/C22H22N6O2S/c29-21(26-22-25-19(15-31-22)14-27-6-8-30-9-7-27)18-10-17-12-24-28(20(17)23-11-18)13-16-4-2-1-3-5-16/h1-5,10-12,15H,6-9,13-14H2,(H,25,26,29). The van der Waals surface area contributed by atoms with Crippen molar-refractivity contribution in [2.24, 2.45) is 0 Å². The summed E-state index contributed by atoms with van der Waals surface area (Å²) in [5.74, 6) is -0.225. The molecule has 0 radical (unpaired) electrons. The van der Waals surface area contributed by atoms with Crippen molar-refractivity contribution in [3.05, 3.63) is 71.0 Å². The number of ether oxygens (including phenoxy) is 1. The van der Waals surface area contributed by atoms with Crippen LogP contribution in [0.2, 0.25) is 0 Å². The van der Waals surface area contributed by atoms with Crippen LogP contribution >= 0.6 is 11.3 Å². The summed E-state index contributed by atoms with van der Waals surface area (Å²) < 4.78 is 7.22. The minimum Gasteiger partial charge on any atom is -0.379 e. The molecule has 3 aromatic heterocycles. The SMILES string of the molecule is O=C(Nc1nc(CN2CCOCC2)cs1)c1cnc2c(cnn2Cc2ccccc2)c1. The second-order valence-corrected chi connectivity index (χ2v) is 8.27. The van der Waals surface area contributed by atoms with E-state index in [1.807, 2.05) is 34.3 Å². The van der Waals surface area contributed by atoms with Crippen LogP contribution in [0.5, 0.6) is 0 Å². The molecular weight excluding hydrogens is 412 g/mol. The number of nitrogens with one attached hydrogen (secondary N) is 1. The lowest BCUT2D eigenvalue weighted by molar-refractivity contribution is 0.0337. The van der Waals surface area contributed by atoms with Crippen molar-refractivity contribution in [2.75, 3.05) is 31.6 Å². The molecule has 1 aliphatic rings. The highest BCUT2D eigenvalue weighted by atomic mass is 32.1. The maximum Gasteiger partial charge on any atom is 0.259 e. The highest BCUT2D eigenvalue weighted by molar-refractivity contribution is 7.14. The normalized spacial score (nSPS) is 14.7. The number of aromatic nitrogens is 4. The predicted octanol–water partition coefficient (Wildman–Crippen LogP) is 3.02. The van der Waals surface area contributed by atoms with Gasteiger partial charge in [0.05, 0.1) is 37.2 Å². The summed E-state index contributed by atoms with van der Waals surface area (Å²) in [6.07, 6.45) is 3.33. The average Bonchev–Trinajstić information content (AvgIpc) is 3.41. The lowest BCUT2D eigenvalue weighted by atomic mass is 10.2. The molecule has 4 aromatic rings. The number of thiazole rings is 1. The minimum absolute atomic E-state index is 0.225. The molecule has 1 N–H and O–H groups in total. The van der Waals surface area contributed by atoms with E-state index in [2.05, 4.69) is 37.4 Å². The van der Waals surface area contributed by atoms with Crippen molar-refractivity contribution in [3.63, 3.8) is 0 Å². The molecule has 1 saturated heterocycles. The van der Waals surface area contributed by atoms with Crippen LogP contribution in [0.1, 0.15) is 21.6 Å². The number of hydrogen-bond donors (Lipinski definition) is 1. The second-order valence-electron chi connectivity index (χ2n) is 7.41. The molecule has 0 spiro atoms. The van der Waals surface area contributed by atoms with Crippen LogP contribution in [0.3, 0.4) is 0 Å². The Kier molecular flexibility index (Phi) is 5.70. The van der Waals surface area contributed by atoms with Gasteiger partial charge in [-0.05, 0) is 11.6 Å². The molecule has 0 aliphatic carbocycles. The summed E-state index contributed by atoms with van der Waals surface area (Å²) >= 11 is 1.43. The van der Waals surface area contributed by atoms with Crippen LogP contribution in [0, 0.1) is 0 Å². The lowest BCUT2D eigenvalue weighted by Gasteiger charge is -2.25. The summed E-state index contributed by atoms with van der Waals surface area (Å²) in [5.41, 5.74) is 3.34. The van der Waals surface area contributed by atoms with E-state index in [0.717, 1.165) is 55.1 Å². The molecule has 8 nitrogen and oxygen atoms in total. The number of pyridine rings is 1. The van der Waals surface area contributed by atoms with Gasteiger partial charge in [0.15, 0.2) is 10.8 Å². The zero-order valence-electron chi connectivity index (χ0n) is 16.9. The van der Waals surface area contributed by atoms with E-state index in [1.54, 1.807) is 12.4 Å². The average molecular weight is 435 g/mol. The van der Waals surface area contributed by atoms with Crippen LogP contribution in [0.4, 0.5) is 5.13 Å². The van der Waals surface area contributed by atoms with Gasteiger partial charge in [-0.2, -0.15) is 5.10 Å². The molecule has 4 heterocycles. The largest absolute Gasteiger partial charge is 0.379 e. The number of benzene rings is 1. The zero-order valence-corrected chi connectivity index (χ0v) is 17.7. The van der Waals surface area contributed by atoms with Crippen LogP contribution < -0.4 is 5.32 Å². The van der Waals surface area contributed by atoms with E-state index in [0.29, 0.717) is 17.2 Å². The van der Waals surface area contributed by atoms with Gasteiger partial charge in [-0.25, -0.2) is 14.6 Å². The first-order chi connectivity index (χ1) is 15.2. The smallest absolute Gasteiger partial charge is 0.259 e. The number of carbonyl (C=O) groups excluding carboxylic acids is 1. The fraction of sp³-hybridized carbons (Fsp3) is 0.273. The Morgan fingerprint density at radius 1 is 1.13 bits per heavy atom. The molecule has 5 rings (SSSR count). The monoisotopic (exact) mass is 434 g/mol. The first kappa shape index (κ1) is 19.8. The number of carbonyl (C=O) groups is 1. The molecule has 0 atom stereocenters. The molecule has 158 valence electrons. The summed E-state index contributed by atoms with van der Waals surface area (Å²) in [4.78, 5) is 24.1. The maximum absolute atomic E-state index is 12.7. The number of hydrogen-bond acceptors (Lipinski definition) is 7. The Morgan fingerprint density at radius 3 is 2.81 bits per heavy atom. The van der Waals surface area contributed by atoms with Gasteiger partial charge in [0.2, 0.25) is 0 Å². The van der Waals surface area contributed by atoms with Crippen LogP contribution in [-0.4, -0.2) is 56.9 Å². The Labute approximate surface area is 183 Å². The van der Waals surface area contributed by atoms with E-state index < -0.39 is 0 Å². The Morgan fingerprint density at radius 2 is 1.97 bits per heavy atom. The molecule has 1 amide bonds. The molecule has 9 heteroatoms. The van der Waals surface area contributed by atoms with E-state index in [9.17, 15) is 4.79 Å². The van der Waals surface area contributed by atoms with Gasteiger partial charge in [0.1, 0.15) is 0 Å². The summed E-state index contributed by atoms with van der Waals surface area (Å²) in [7, 11) is 0. The molecule has 1 aromatic carbocycles.